The Hall–Kier alpha value is -0.0200. The molecule has 0 radical (unpaired) electrons. The van der Waals surface area contributed by atoms with Crippen molar-refractivity contribution >= 4 is 24.0 Å². The van der Waals surface area contributed by atoms with E-state index in [9.17, 15) is 0 Å². The molecule has 1 aromatic rings. The summed E-state index contributed by atoms with van der Waals surface area (Å²) >= 11 is 5.95. The first-order chi connectivity index (χ1) is 5.72. The van der Waals surface area contributed by atoms with Gasteiger partial charge >= 0.3 is 0 Å². The lowest BCUT2D eigenvalue weighted by molar-refractivity contribution is 0.643. The topological polar surface area (TPSA) is 12.9 Å². The molecule has 0 amide bonds. The summed E-state index contributed by atoms with van der Waals surface area (Å²) in [7, 11) is 0. The SMILES string of the molecule is CC(C)Cc1nc(CCS)cs1. The Kier molecular flexibility index (Phi) is 4.09. The van der Waals surface area contributed by atoms with Crippen LogP contribution in [-0.2, 0) is 12.8 Å². The lowest BCUT2D eigenvalue weighted by atomic mass is 10.1. The van der Waals surface area contributed by atoms with Crippen molar-refractivity contribution in [3.8, 4) is 0 Å². The van der Waals surface area contributed by atoms with Crippen molar-refractivity contribution in [3.63, 3.8) is 0 Å². The molecular formula is C9H15NS2. The highest BCUT2D eigenvalue weighted by atomic mass is 32.1. The standard InChI is InChI=1S/C9H15NS2/c1-7(2)5-9-10-8(3-4-11)6-12-9/h6-7,11H,3-5H2,1-2H3. The molecule has 0 saturated carbocycles. The highest BCUT2D eigenvalue weighted by molar-refractivity contribution is 7.80. The molecule has 1 aromatic heterocycles. The van der Waals surface area contributed by atoms with Gasteiger partial charge in [0.2, 0.25) is 0 Å². The number of rotatable bonds is 4. The first kappa shape index (κ1) is 10.1. The van der Waals surface area contributed by atoms with E-state index in [0.717, 1.165) is 18.6 Å². The second kappa shape index (κ2) is 4.87. The first-order valence-electron chi connectivity index (χ1n) is 4.26. The van der Waals surface area contributed by atoms with Crippen LogP contribution in [0.4, 0.5) is 0 Å². The Morgan fingerprint density at radius 3 is 2.92 bits per heavy atom. The molecular weight excluding hydrogens is 186 g/mol. The molecule has 1 rings (SSSR count). The fourth-order valence-electron chi connectivity index (χ4n) is 1.02. The van der Waals surface area contributed by atoms with Gasteiger partial charge in [-0.15, -0.1) is 11.3 Å². The largest absolute Gasteiger partial charge is 0.246 e. The number of hydrogen-bond acceptors (Lipinski definition) is 3. The molecule has 0 aromatic carbocycles. The second-order valence-electron chi connectivity index (χ2n) is 3.30. The minimum absolute atomic E-state index is 0.708. The number of thiol groups is 1. The molecule has 0 bridgehead atoms. The molecule has 0 aliphatic heterocycles. The molecule has 1 nitrogen and oxygen atoms in total. The van der Waals surface area contributed by atoms with Gasteiger partial charge in [0.05, 0.1) is 10.7 Å². The summed E-state index contributed by atoms with van der Waals surface area (Å²) in [6, 6.07) is 0. The van der Waals surface area contributed by atoms with Gasteiger partial charge in [0.25, 0.3) is 0 Å². The average Bonchev–Trinajstić information content (AvgIpc) is 2.36. The molecule has 3 heteroatoms. The molecule has 0 unspecified atom stereocenters. The van der Waals surface area contributed by atoms with Crippen LogP contribution in [0.25, 0.3) is 0 Å². The van der Waals surface area contributed by atoms with Gasteiger partial charge in [0, 0.05) is 11.8 Å². The summed E-state index contributed by atoms with van der Waals surface area (Å²) in [6.45, 7) is 4.44. The Morgan fingerprint density at radius 2 is 2.33 bits per heavy atom. The van der Waals surface area contributed by atoms with Crippen LogP contribution >= 0.6 is 24.0 Å². The van der Waals surface area contributed by atoms with E-state index in [1.807, 2.05) is 0 Å². The summed E-state index contributed by atoms with van der Waals surface area (Å²) in [5.74, 6) is 1.60. The van der Waals surface area contributed by atoms with E-state index in [-0.39, 0.29) is 0 Å². The summed E-state index contributed by atoms with van der Waals surface area (Å²) in [6.07, 6.45) is 2.11. The average molecular weight is 201 g/mol. The van der Waals surface area contributed by atoms with E-state index in [1.54, 1.807) is 11.3 Å². The summed E-state index contributed by atoms with van der Waals surface area (Å²) in [5, 5.41) is 3.41. The fraction of sp³-hybridized carbons (Fsp3) is 0.667. The quantitative estimate of drug-likeness (QED) is 0.739. The number of hydrogen-bond donors (Lipinski definition) is 1. The van der Waals surface area contributed by atoms with Crippen molar-refractivity contribution in [1.29, 1.82) is 0 Å². The zero-order chi connectivity index (χ0) is 8.97. The maximum Gasteiger partial charge on any atom is 0.0930 e. The van der Waals surface area contributed by atoms with Gasteiger partial charge in [-0.3, -0.25) is 0 Å². The highest BCUT2D eigenvalue weighted by Gasteiger charge is 2.03. The summed E-state index contributed by atoms with van der Waals surface area (Å²) in [4.78, 5) is 4.51. The van der Waals surface area contributed by atoms with Crippen molar-refractivity contribution in [3.05, 3.63) is 16.1 Å². The molecule has 0 aliphatic rings. The van der Waals surface area contributed by atoms with Gasteiger partial charge in [-0.1, -0.05) is 13.8 Å². The number of aryl methyl sites for hydroxylation is 1. The first-order valence-corrected chi connectivity index (χ1v) is 5.77. The third-order valence-electron chi connectivity index (χ3n) is 1.55. The van der Waals surface area contributed by atoms with Crippen molar-refractivity contribution < 1.29 is 0 Å². The third kappa shape index (κ3) is 3.15. The van der Waals surface area contributed by atoms with Gasteiger partial charge in [-0.25, -0.2) is 4.98 Å². The van der Waals surface area contributed by atoms with Crippen LogP contribution < -0.4 is 0 Å². The number of thiazole rings is 1. The van der Waals surface area contributed by atoms with E-state index in [2.05, 4.69) is 36.8 Å². The zero-order valence-corrected chi connectivity index (χ0v) is 9.29. The Labute approximate surface area is 83.6 Å². The van der Waals surface area contributed by atoms with E-state index < -0.39 is 0 Å². The lowest BCUT2D eigenvalue weighted by Gasteiger charge is -1.98. The molecule has 0 spiro atoms. The Morgan fingerprint density at radius 1 is 1.58 bits per heavy atom. The molecule has 12 heavy (non-hydrogen) atoms. The van der Waals surface area contributed by atoms with Gasteiger partial charge in [0.1, 0.15) is 0 Å². The van der Waals surface area contributed by atoms with Gasteiger partial charge in [-0.05, 0) is 18.1 Å². The van der Waals surface area contributed by atoms with Crippen LogP contribution in [0.15, 0.2) is 5.38 Å². The summed E-state index contributed by atoms with van der Waals surface area (Å²) < 4.78 is 0. The highest BCUT2D eigenvalue weighted by Crippen LogP contribution is 2.14. The van der Waals surface area contributed by atoms with E-state index in [0.29, 0.717) is 5.92 Å². The van der Waals surface area contributed by atoms with Gasteiger partial charge in [-0.2, -0.15) is 12.6 Å². The minimum atomic E-state index is 0.708. The molecule has 0 N–H and O–H groups in total. The maximum absolute atomic E-state index is 4.51. The molecule has 0 atom stereocenters. The van der Waals surface area contributed by atoms with Crippen LogP contribution in [0, 0.1) is 5.92 Å². The minimum Gasteiger partial charge on any atom is -0.246 e. The zero-order valence-electron chi connectivity index (χ0n) is 7.58. The number of nitrogens with zero attached hydrogens (tertiary/aromatic N) is 1. The monoisotopic (exact) mass is 201 g/mol. The van der Waals surface area contributed by atoms with Crippen LogP contribution in [0.3, 0.4) is 0 Å². The second-order valence-corrected chi connectivity index (χ2v) is 4.69. The number of aromatic nitrogens is 1. The van der Waals surface area contributed by atoms with Crippen molar-refractivity contribution in [1.82, 2.24) is 4.98 Å². The lowest BCUT2D eigenvalue weighted by Crippen LogP contribution is -1.94. The Bertz CT molecular complexity index is 230. The van der Waals surface area contributed by atoms with E-state index >= 15 is 0 Å². The summed E-state index contributed by atoms with van der Waals surface area (Å²) in [5.41, 5.74) is 1.20. The molecule has 68 valence electrons. The van der Waals surface area contributed by atoms with Gasteiger partial charge < -0.3 is 0 Å². The maximum atomic E-state index is 4.51. The predicted molar refractivity (Wildman–Crippen MR) is 58.2 cm³/mol. The fourth-order valence-corrected chi connectivity index (χ4v) is 2.29. The van der Waals surface area contributed by atoms with Crippen molar-refractivity contribution in [2.75, 3.05) is 5.75 Å². The van der Waals surface area contributed by atoms with Crippen molar-refractivity contribution in [2.45, 2.75) is 26.7 Å². The van der Waals surface area contributed by atoms with Crippen LogP contribution in [0.5, 0.6) is 0 Å². The van der Waals surface area contributed by atoms with Gasteiger partial charge in [0.15, 0.2) is 0 Å². The smallest absolute Gasteiger partial charge is 0.0930 e. The molecule has 1 heterocycles. The Balaban J connectivity index is 2.52. The van der Waals surface area contributed by atoms with Crippen molar-refractivity contribution in [2.24, 2.45) is 5.92 Å². The van der Waals surface area contributed by atoms with E-state index in [1.165, 1.54) is 10.7 Å². The molecule has 0 aliphatic carbocycles. The normalized spacial score (nSPS) is 11.0. The van der Waals surface area contributed by atoms with Crippen LogP contribution in [0.2, 0.25) is 0 Å². The van der Waals surface area contributed by atoms with E-state index in [4.69, 9.17) is 0 Å². The molecule has 0 fully saturated rings. The molecule has 0 saturated heterocycles. The van der Waals surface area contributed by atoms with Crippen LogP contribution in [0.1, 0.15) is 24.5 Å². The predicted octanol–water partition coefficient (Wildman–Crippen LogP) is 2.81. The van der Waals surface area contributed by atoms with Crippen LogP contribution in [-0.4, -0.2) is 10.7 Å². The third-order valence-corrected chi connectivity index (χ3v) is 2.69.